The van der Waals surface area contributed by atoms with Gasteiger partial charge in [-0.25, -0.2) is 0 Å². The molecule has 1 rings (SSSR count). The molecule has 4 nitrogen and oxygen atoms in total. The Morgan fingerprint density at radius 2 is 1.81 bits per heavy atom. The molecule has 0 bridgehead atoms. The zero-order valence-electron chi connectivity index (χ0n) is 9.95. The molecule has 0 heterocycles. The molecule has 0 unspecified atom stereocenters. The second-order valence-electron chi connectivity index (χ2n) is 4.47. The van der Waals surface area contributed by atoms with Gasteiger partial charge in [0.15, 0.2) is 0 Å². The van der Waals surface area contributed by atoms with Crippen molar-refractivity contribution >= 4 is 11.6 Å². The van der Waals surface area contributed by atoms with E-state index >= 15 is 0 Å². The fourth-order valence-electron chi connectivity index (χ4n) is 1.94. The van der Waals surface area contributed by atoms with Gasteiger partial charge in [-0.1, -0.05) is 26.0 Å². The third-order valence-electron chi connectivity index (χ3n) is 2.95. The average Bonchev–Trinajstić information content (AvgIpc) is 2.18. The van der Waals surface area contributed by atoms with Gasteiger partial charge in [-0.3, -0.25) is 4.79 Å². The summed E-state index contributed by atoms with van der Waals surface area (Å²) in [5, 5.41) is 2.95. The van der Waals surface area contributed by atoms with Crippen LogP contribution in [0.2, 0.25) is 0 Å². The number of benzene rings is 1. The lowest BCUT2D eigenvalue weighted by Gasteiger charge is -2.32. The number of nitrogen functional groups attached to an aromatic ring is 1. The fourth-order valence-corrected chi connectivity index (χ4v) is 1.94. The van der Waals surface area contributed by atoms with Crippen LogP contribution >= 0.6 is 0 Å². The molecule has 1 aromatic carbocycles. The minimum atomic E-state index is -0.406. The number of carbonyl (C=O) groups excluding carboxylic acids is 1. The number of rotatable bonds is 4. The van der Waals surface area contributed by atoms with E-state index in [-0.39, 0.29) is 11.3 Å². The molecule has 4 heteroatoms. The van der Waals surface area contributed by atoms with Crippen molar-refractivity contribution in [2.45, 2.75) is 25.3 Å². The van der Waals surface area contributed by atoms with Gasteiger partial charge < -0.3 is 16.8 Å². The Morgan fingerprint density at radius 3 is 2.19 bits per heavy atom. The molecule has 0 spiro atoms. The Hall–Kier alpha value is -1.55. The van der Waals surface area contributed by atoms with Gasteiger partial charge in [-0.15, -0.1) is 0 Å². The number of anilines is 1. The SMILES string of the molecule is CN[C@H](C(N)=O)C(C)(C)c1ccc(N)cc1. The van der Waals surface area contributed by atoms with Crippen molar-refractivity contribution in [2.24, 2.45) is 5.73 Å². The Bertz CT molecular complexity index is 370. The molecule has 0 fully saturated rings. The summed E-state index contributed by atoms with van der Waals surface area (Å²) in [6.07, 6.45) is 0. The highest BCUT2D eigenvalue weighted by molar-refractivity contribution is 5.82. The van der Waals surface area contributed by atoms with Crippen LogP contribution in [-0.4, -0.2) is 19.0 Å². The van der Waals surface area contributed by atoms with E-state index in [2.05, 4.69) is 5.32 Å². The van der Waals surface area contributed by atoms with Crippen molar-refractivity contribution in [1.82, 2.24) is 5.32 Å². The van der Waals surface area contributed by atoms with E-state index in [4.69, 9.17) is 11.5 Å². The van der Waals surface area contributed by atoms with Gasteiger partial charge in [0.25, 0.3) is 0 Å². The van der Waals surface area contributed by atoms with Crippen LogP contribution in [0.25, 0.3) is 0 Å². The lowest BCUT2D eigenvalue weighted by molar-refractivity contribution is -0.121. The number of hydrogen-bond donors (Lipinski definition) is 3. The van der Waals surface area contributed by atoms with E-state index in [1.54, 1.807) is 7.05 Å². The number of likely N-dealkylation sites (N-methyl/N-ethyl adjacent to an activating group) is 1. The van der Waals surface area contributed by atoms with Gasteiger partial charge in [-0.05, 0) is 24.7 Å². The second kappa shape index (κ2) is 4.53. The minimum absolute atomic E-state index is 0.357. The van der Waals surface area contributed by atoms with Crippen LogP contribution in [0.15, 0.2) is 24.3 Å². The maximum Gasteiger partial charge on any atom is 0.235 e. The minimum Gasteiger partial charge on any atom is -0.399 e. The van der Waals surface area contributed by atoms with Crippen molar-refractivity contribution in [3.05, 3.63) is 29.8 Å². The van der Waals surface area contributed by atoms with Crippen LogP contribution in [0.3, 0.4) is 0 Å². The van der Waals surface area contributed by atoms with Crippen molar-refractivity contribution in [2.75, 3.05) is 12.8 Å². The first-order chi connectivity index (χ1) is 7.39. The van der Waals surface area contributed by atoms with Gasteiger partial charge in [0.1, 0.15) is 0 Å². The van der Waals surface area contributed by atoms with E-state index < -0.39 is 6.04 Å². The first-order valence-corrected chi connectivity index (χ1v) is 5.22. The normalized spacial score (nSPS) is 13.4. The third-order valence-corrected chi connectivity index (χ3v) is 2.95. The number of nitrogens with one attached hydrogen (secondary N) is 1. The van der Waals surface area contributed by atoms with Crippen LogP contribution in [0.1, 0.15) is 19.4 Å². The molecule has 0 aromatic heterocycles. The largest absolute Gasteiger partial charge is 0.399 e. The summed E-state index contributed by atoms with van der Waals surface area (Å²) in [5.74, 6) is -0.357. The second-order valence-corrected chi connectivity index (χ2v) is 4.47. The maximum atomic E-state index is 11.4. The Kier molecular flexibility index (Phi) is 3.55. The quantitative estimate of drug-likeness (QED) is 0.652. The molecule has 0 aliphatic rings. The molecule has 1 amide bonds. The predicted molar refractivity (Wildman–Crippen MR) is 65.9 cm³/mol. The van der Waals surface area contributed by atoms with Crippen molar-refractivity contribution in [1.29, 1.82) is 0 Å². The highest BCUT2D eigenvalue weighted by Gasteiger charge is 2.34. The maximum absolute atomic E-state index is 11.4. The lowest BCUT2D eigenvalue weighted by atomic mass is 9.77. The molecule has 88 valence electrons. The van der Waals surface area contributed by atoms with Crippen LogP contribution in [0.5, 0.6) is 0 Å². The zero-order valence-corrected chi connectivity index (χ0v) is 9.95. The molecule has 16 heavy (non-hydrogen) atoms. The first kappa shape index (κ1) is 12.5. The van der Waals surface area contributed by atoms with E-state index in [1.165, 1.54) is 0 Å². The van der Waals surface area contributed by atoms with Crippen molar-refractivity contribution in [3.63, 3.8) is 0 Å². The first-order valence-electron chi connectivity index (χ1n) is 5.22. The number of hydrogen-bond acceptors (Lipinski definition) is 3. The number of amides is 1. The molecule has 1 atom stereocenters. The van der Waals surface area contributed by atoms with E-state index in [0.717, 1.165) is 5.56 Å². The molecule has 0 radical (unpaired) electrons. The molecule has 1 aromatic rings. The van der Waals surface area contributed by atoms with Crippen LogP contribution < -0.4 is 16.8 Å². The lowest BCUT2D eigenvalue weighted by Crippen LogP contribution is -2.51. The summed E-state index contributed by atoms with van der Waals surface area (Å²) >= 11 is 0. The van der Waals surface area contributed by atoms with Gasteiger partial charge in [0.2, 0.25) is 5.91 Å². The van der Waals surface area contributed by atoms with Crippen LogP contribution in [0, 0.1) is 0 Å². The van der Waals surface area contributed by atoms with Crippen molar-refractivity contribution < 1.29 is 4.79 Å². The highest BCUT2D eigenvalue weighted by atomic mass is 16.1. The Balaban J connectivity index is 3.08. The molecule has 0 aliphatic carbocycles. The topological polar surface area (TPSA) is 81.1 Å². The molecule has 5 N–H and O–H groups in total. The van der Waals surface area contributed by atoms with E-state index in [0.29, 0.717) is 5.69 Å². The smallest absolute Gasteiger partial charge is 0.235 e. The van der Waals surface area contributed by atoms with Crippen LogP contribution in [-0.2, 0) is 10.2 Å². The van der Waals surface area contributed by atoms with E-state index in [1.807, 2.05) is 38.1 Å². The van der Waals surface area contributed by atoms with Gasteiger partial charge in [0, 0.05) is 11.1 Å². The summed E-state index contributed by atoms with van der Waals surface area (Å²) < 4.78 is 0. The molecule has 0 saturated carbocycles. The Labute approximate surface area is 96.0 Å². The standard InChI is InChI=1S/C12H19N3O/c1-12(2,10(15-3)11(14)16)8-4-6-9(13)7-5-8/h4-7,10,15H,13H2,1-3H3,(H2,14,16)/t10-/m1/s1. The van der Waals surface area contributed by atoms with Crippen LogP contribution in [0.4, 0.5) is 5.69 Å². The van der Waals surface area contributed by atoms with Gasteiger partial charge >= 0.3 is 0 Å². The summed E-state index contributed by atoms with van der Waals surface area (Å²) in [6, 6.07) is 7.08. The predicted octanol–water partition coefficient (Wildman–Crippen LogP) is 0.620. The average molecular weight is 221 g/mol. The fraction of sp³-hybridized carbons (Fsp3) is 0.417. The van der Waals surface area contributed by atoms with Gasteiger partial charge in [-0.2, -0.15) is 0 Å². The van der Waals surface area contributed by atoms with Gasteiger partial charge in [0.05, 0.1) is 6.04 Å². The molecule has 0 saturated heterocycles. The summed E-state index contributed by atoms with van der Waals surface area (Å²) in [6.45, 7) is 3.95. The highest BCUT2D eigenvalue weighted by Crippen LogP contribution is 2.27. The van der Waals surface area contributed by atoms with E-state index in [9.17, 15) is 4.79 Å². The Morgan fingerprint density at radius 1 is 1.31 bits per heavy atom. The monoisotopic (exact) mass is 221 g/mol. The molecular formula is C12H19N3O. The summed E-state index contributed by atoms with van der Waals surface area (Å²) in [7, 11) is 1.73. The number of nitrogens with two attached hydrogens (primary N) is 2. The zero-order chi connectivity index (χ0) is 12.3. The third kappa shape index (κ3) is 2.33. The summed E-state index contributed by atoms with van der Waals surface area (Å²) in [4.78, 5) is 11.4. The summed E-state index contributed by atoms with van der Waals surface area (Å²) in [5.41, 5.74) is 12.4. The van der Waals surface area contributed by atoms with Crippen molar-refractivity contribution in [3.8, 4) is 0 Å². The number of primary amides is 1. The molecular weight excluding hydrogens is 202 g/mol. The number of carbonyl (C=O) groups is 1. The molecule has 0 aliphatic heterocycles.